The number of hydrogen-bond acceptors (Lipinski definition) is 6. The molecule has 0 N–H and O–H groups in total. The van der Waals surface area contributed by atoms with E-state index in [4.69, 9.17) is 23.4 Å². The first-order valence-electron chi connectivity index (χ1n) is 10.5. The van der Waals surface area contributed by atoms with Gasteiger partial charge in [-0.3, -0.25) is 4.79 Å². The molecule has 0 fully saturated rings. The molecule has 3 aromatic carbocycles. The lowest BCUT2D eigenvalue weighted by molar-refractivity contribution is 0.284. The third-order valence-corrected chi connectivity index (χ3v) is 5.72. The van der Waals surface area contributed by atoms with Crippen molar-refractivity contribution in [2.45, 2.75) is 20.5 Å². The van der Waals surface area contributed by atoms with Gasteiger partial charge in [0.25, 0.3) is 0 Å². The molecule has 6 nitrogen and oxygen atoms in total. The summed E-state index contributed by atoms with van der Waals surface area (Å²) in [5.41, 5.74) is 3.55. The van der Waals surface area contributed by atoms with Crippen LogP contribution in [0.4, 0.5) is 0 Å². The summed E-state index contributed by atoms with van der Waals surface area (Å²) < 4.78 is 28.8. The van der Waals surface area contributed by atoms with Crippen LogP contribution >= 0.6 is 0 Å². The Hall–Kier alpha value is -3.93. The molecule has 1 heterocycles. The molecule has 4 rings (SSSR count). The molecule has 4 aromatic rings. The van der Waals surface area contributed by atoms with Gasteiger partial charge in [0.05, 0.1) is 21.3 Å². The van der Waals surface area contributed by atoms with Crippen LogP contribution in [-0.4, -0.2) is 21.3 Å². The summed E-state index contributed by atoms with van der Waals surface area (Å²) in [6.45, 7) is 4.21. The zero-order valence-electron chi connectivity index (χ0n) is 19.4. The van der Waals surface area contributed by atoms with Gasteiger partial charge in [-0.1, -0.05) is 30.3 Å². The molecule has 0 saturated heterocycles. The molecule has 0 unspecified atom stereocenters. The molecule has 6 heteroatoms. The first-order valence-corrected chi connectivity index (χ1v) is 10.5. The van der Waals surface area contributed by atoms with Crippen molar-refractivity contribution >= 4 is 11.0 Å². The molecular formula is C27H26O6. The highest BCUT2D eigenvalue weighted by molar-refractivity contribution is 5.92. The number of fused-ring (bicyclic) bond motifs is 1. The van der Waals surface area contributed by atoms with Crippen molar-refractivity contribution in [3.63, 3.8) is 0 Å². The Morgan fingerprint density at radius 2 is 1.48 bits per heavy atom. The van der Waals surface area contributed by atoms with Crippen molar-refractivity contribution in [3.8, 4) is 34.3 Å². The standard InChI is InChI=1S/C27H26O6/c1-16-17(2)26(31-5)27-24(25(16)30-4)20(28)14-22(33-27)19-11-12-21(23(13-19)29-3)32-15-18-9-7-6-8-10-18/h6-14H,15H2,1-5H3. The maximum atomic E-state index is 13.1. The highest BCUT2D eigenvalue weighted by Crippen LogP contribution is 2.40. The molecule has 0 bridgehead atoms. The van der Waals surface area contributed by atoms with Crippen molar-refractivity contribution in [2.24, 2.45) is 0 Å². The number of methoxy groups -OCH3 is 3. The molecular weight excluding hydrogens is 420 g/mol. The first-order chi connectivity index (χ1) is 16.0. The van der Waals surface area contributed by atoms with Crippen LogP contribution in [0.2, 0.25) is 0 Å². The molecule has 170 valence electrons. The number of rotatable bonds is 7. The summed E-state index contributed by atoms with van der Waals surface area (Å²) in [7, 11) is 4.67. The largest absolute Gasteiger partial charge is 0.496 e. The molecule has 0 aliphatic carbocycles. The minimum Gasteiger partial charge on any atom is -0.496 e. The summed E-state index contributed by atoms with van der Waals surface area (Å²) in [5, 5.41) is 0.357. The van der Waals surface area contributed by atoms with Gasteiger partial charge >= 0.3 is 0 Å². The Bertz CT molecular complexity index is 1360. The molecule has 0 atom stereocenters. The van der Waals surface area contributed by atoms with Crippen molar-refractivity contribution in [3.05, 3.63) is 81.5 Å². The van der Waals surface area contributed by atoms with E-state index < -0.39 is 0 Å². The maximum Gasteiger partial charge on any atom is 0.197 e. The van der Waals surface area contributed by atoms with E-state index in [1.165, 1.54) is 6.07 Å². The normalized spacial score (nSPS) is 10.8. The summed E-state index contributed by atoms with van der Waals surface area (Å²) in [6, 6.07) is 16.8. The third-order valence-electron chi connectivity index (χ3n) is 5.72. The van der Waals surface area contributed by atoms with Crippen molar-refractivity contribution < 1.29 is 23.4 Å². The van der Waals surface area contributed by atoms with Gasteiger partial charge in [0, 0.05) is 17.2 Å². The number of benzene rings is 3. The maximum absolute atomic E-state index is 13.1. The lowest BCUT2D eigenvalue weighted by Gasteiger charge is -2.16. The van der Waals surface area contributed by atoms with Gasteiger partial charge < -0.3 is 23.4 Å². The molecule has 0 saturated carbocycles. The van der Waals surface area contributed by atoms with E-state index in [1.54, 1.807) is 33.5 Å². The second kappa shape index (κ2) is 9.28. The van der Waals surface area contributed by atoms with Crippen LogP contribution in [0.25, 0.3) is 22.3 Å². The topological polar surface area (TPSA) is 67.1 Å². The fraction of sp³-hybridized carbons (Fsp3) is 0.222. The van der Waals surface area contributed by atoms with E-state index in [0.717, 1.165) is 16.7 Å². The van der Waals surface area contributed by atoms with Gasteiger partial charge in [-0.25, -0.2) is 0 Å². The van der Waals surface area contributed by atoms with E-state index >= 15 is 0 Å². The van der Waals surface area contributed by atoms with Crippen LogP contribution < -0.4 is 24.4 Å². The molecule has 0 aliphatic rings. The van der Waals surface area contributed by atoms with Crippen LogP contribution in [0.15, 0.2) is 63.8 Å². The number of hydrogen-bond donors (Lipinski definition) is 0. The van der Waals surface area contributed by atoms with Crippen LogP contribution in [-0.2, 0) is 6.61 Å². The summed E-state index contributed by atoms with van der Waals surface area (Å²) in [5.74, 6) is 2.53. The predicted molar refractivity (Wildman–Crippen MR) is 128 cm³/mol. The van der Waals surface area contributed by atoms with Gasteiger partial charge in [0.15, 0.2) is 28.3 Å². The van der Waals surface area contributed by atoms with E-state index in [2.05, 4.69) is 0 Å². The Morgan fingerprint density at radius 3 is 2.15 bits per heavy atom. The molecule has 0 aliphatic heterocycles. The Labute approximate surface area is 192 Å². The minimum absolute atomic E-state index is 0.215. The van der Waals surface area contributed by atoms with Gasteiger partial charge in [-0.05, 0) is 43.2 Å². The molecule has 0 radical (unpaired) electrons. The van der Waals surface area contributed by atoms with Gasteiger partial charge in [0.2, 0.25) is 0 Å². The fourth-order valence-corrected chi connectivity index (χ4v) is 3.89. The van der Waals surface area contributed by atoms with Crippen LogP contribution in [0, 0.1) is 13.8 Å². The van der Waals surface area contributed by atoms with Crippen LogP contribution in [0.1, 0.15) is 16.7 Å². The SMILES string of the molecule is COc1cc(-c2cc(=O)c3c(OC)c(C)c(C)c(OC)c3o2)ccc1OCc1ccccc1. The second-order valence-electron chi connectivity index (χ2n) is 7.64. The molecule has 0 spiro atoms. The van der Waals surface area contributed by atoms with Gasteiger partial charge in [-0.2, -0.15) is 0 Å². The Kier molecular flexibility index (Phi) is 6.27. The average molecular weight is 446 g/mol. The zero-order valence-corrected chi connectivity index (χ0v) is 19.4. The van der Waals surface area contributed by atoms with Crippen molar-refractivity contribution in [2.75, 3.05) is 21.3 Å². The number of ether oxygens (including phenoxy) is 4. The zero-order chi connectivity index (χ0) is 23.5. The van der Waals surface area contributed by atoms with Crippen molar-refractivity contribution in [1.29, 1.82) is 0 Å². The summed E-state index contributed by atoms with van der Waals surface area (Å²) in [6.07, 6.45) is 0. The highest BCUT2D eigenvalue weighted by atomic mass is 16.5. The van der Waals surface area contributed by atoms with E-state index in [0.29, 0.717) is 51.9 Å². The summed E-state index contributed by atoms with van der Waals surface area (Å²) >= 11 is 0. The van der Waals surface area contributed by atoms with E-state index in [1.807, 2.05) is 50.2 Å². The smallest absolute Gasteiger partial charge is 0.197 e. The van der Waals surface area contributed by atoms with E-state index in [-0.39, 0.29) is 5.43 Å². The monoisotopic (exact) mass is 446 g/mol. The first kappa shape index (κ1) is 22.3. The quantitative estimate of drug-likeness (QED) is 0.364. The molecule has 0 amide bonds. The fourth-order valence-electron chi connectivity index (χ4n) is 3.89. The van der Waals surface area contributed by atoms with Crippen molar-refractivity contribution in [1.82, 2.24) is 0 Å². The highest BCUT2D eigenvalue weighted by Gasteiger charge is 2.21. The van der Waals surface area contributed by atoms with Gasteiger partial charge in [-0.15, -0.1) is 0 Å². The van der Waals surface area contributed by atoms with Crippen LogP contribution in [0.5, 0.6) is 23.0 Å². The Morgan fingerprint density at radius 1 is 0.788 bits per heavy atom. The lowest BCUT2D eigenvalue weighted by Crippen LogP contribution is -2.07. The molecule has 1 aromatic heterocycles. The predicted octanol–water partition coefficient (Wildman–Crippen LogP) is 5.68. The average Bonchev–Trinajstić information content (AvgIpc) is 2.84. The van der Waals surface area contributed by atoms with Gasteiger partial charge in [0.1, 0.15) is 23.5 Å². The molecule has 33 heavy (non-hydrogen) atoms. The summed E-state index contributed by atoms with van der Waals surface area (Å²) in [4.78, 5) is 13.1. The lowest BCUT2D eigenvalue weighted by atomic mass is 10.0. The Balaban J connectivity index is 1.78. The minimum atomic E-state index is -0.215. The second-order valence-corrected chi connectivity index (χ2v) is 7.64. The third kappa shape index (κ3) is 4.12. The van der Waals surface area contributed by atoms with Crippen LogP contribution in [0.3, 0.4) is 0 Å². The van der Waals surface area contributed by atoms with E-state index in [9.17, 15) is 4.79 Å².